The second-order valence-electron chi connectivity index (χ2n) is 5.43. The number of rotatable bonds is 5. The Balaban J connectivity index is 1.80. The van der Waals surface area contributed by atoms with Gasteiger partial charge in [-0.3, -0.25) is 4.79 Å². The van der Waals surface area contributed by atoms with Crippen molar-refractivity contribution in [2.24, 2.45) is 5.92 Å². The molecule has 1 amide bonds. The Labute approximate surface area is 104 Å². The molecule has 0 aromatic rings. The highest BCUT2D eigenvalue weighted by molar-refractivity contribution is 5.77. The maximum atomic E-state index is 12.2. The summed E-state index contributed by atoms with van der Waals surface area (Å²) in [6.07, 6.45) is 9.86. The molecule has 2 aliphatic carbocycles. The fourth-order valence-corrected chi connectivity index (χ4v) is 2.82. The summed E-state index contributed by atoms with van der Waals surface area (Å²) in [5.41, 5.74) is 0. The lowest BCUT2D eigenvalue weighted by atomic mass is 9.86. The molecular formula is C14H22N2O. The van der Waals surface area contributed by atoms with Crippen molar-refractivity contribution in [1.82, 2.24) is 4.90 Å². The molecular weight excluding hydrogens is 212 g/mol. The topological polar surface area (TPSA) is 44.1 Å². The van der Waals surface area contributed by atoms with Crippen molar-refractivity contribution < 1.29 is 4.79 Å². The van der Waals surface area contributed by atoms with Crippen molar-refractivity contribution >= 4 is 5.91 Å². The van der Waals surface area contributed by atoms with Crippen molar-refractivity contribution in [2.75, 3.05) is 6.54 Å². The summed E-state index contributed by atoms with van der Waals surface area (Å²) in [7, 11) is 0. The third-order valence-corrected chi connectivity index (χ3v) is 3.96. The van der Waals surface area contributed by atoms with E-state index >= 15 is 0 Å². The van der Waals surface area contributed by atoms with E-state index in [4.69, 9.17) is 5.26 Å². The molecule has 0 N–H and O–H groups in total. The van der Waals surface area contributed by atoms with Gasteiger partial charge >= 0.3 is 0 Å². The van der Waals surface area contributed by atoms with Crippen molar-refractivity contribution in [3.63, 3.8) is 0 Å². The number of carbonyl (C=O) groups is 1. The lowest BCUT2D eigenvalue weighted by Crippen LogP contribution is -2.35. The fourth-order valence-electron chi connectivity index (χ4n) is 2.82. The van der Waals surface area contributed by atoms with E-state index in [2.05, 4.69) is 6.07 Å². The first-order valence-electron chi connectivity index (χ1n) is 6.97. The molecule has 2 fully saturated rings. The molecule has 0 saturated heterocycles. The largest absolute Gasteiger partial charge is 0.339 e. The molecule has 0 unspecified atom stereocenters. The predicted molar refractivity (Wildman–Crippen MR) is 66.2 cm³/mol. The zero-order chi connectivity index (χ0) is 12.1. The fraction of sp³-hybridized carbons (Fsp3) is 0.857. The Morgan fingerprint density at radius 2 is 1.88 bits per heavy atom. The highest BCUT2D eigenvalue weighted by Crippen LogP contribution is 2.31. The zero-order valence-corrected chi connectivity index (χ0v) is 10.5. The number of hydrogen-bond donors (Lipinski definition) is 0. The summed E-state index contributed by atoms with van der Waals surface area (Å²) in [4.78, 5) is 14.2. The lowest BCUT2D eigenvalue weighted by molar-refractivity contribution is -0.133. The second-order valence-corrected chi connectivity index (χ2v) is 5.43. The van der Waals surface area contributed by atoms with Crippen LogP contribution in [0.25, 0.3) is 0 Å². The van der Waals surface area contributed by atoms with Crippen LogP contribution in [0.1, 0.15) is 57.8 Å². The van der Waals surface area contributed by atoms with Crippen LogP contribution in [-0.4, -0.2) is 23.4 Å². The Bertz CT molecular complexity index is 298. The van der Waals surface area contributed by atoms with Crippen LogP contribution in [0.2, 0.25) is 0 Å². The van der Waals surface area contributed by atoms with Gasteiger partial charge in [-0.1, -0.05) is 19.3 Å². The highest BCUT2D eigenvalue weighted by Gasteiger charge is 2.33. The molecule has 0 aromatic carbocycles. The SMILES string of the molecule is N#CCCN(C(=O)CC1CCCCC1)C1CC1. The van der Waals surface area contributed by atoms with E-state index in [0.29, 0.717) is 30.8 Å². The van der Waals surface area contributed by atoms with E-state index in [-0.39, 0.29) is 0 Å². The van der Waals surface area contributed by atoms with Crippen molar-refractivity contribution in [1.29, 1.82) is 5.26 Å². The number of amides is 1. The van der Waals surface area contributed by atoms with Gasteiger partial charge in [0.05, 0.1) is 12.5 Å². The molecule has 2 saturated carbocycles. The summed E-state index contributed by atoms with van der Waals surface area (Å²) in [6.45, 7) is 0.646. The molecule has 2 aliphatic rings. The van der Waals surface area contributed by atoms with Gasteiger partial charge in [0.25, 0.3) is 0 Å². The van der Waals surface area contributed by atoms with Gasteiger partial charge in [-0.15, -0.1) is 0 Å². The lowest BCUT2D eigenvalue weighted by Gasteiger charge is -2.26. The van der Waals surface area contributed by atoms with E-state index in [9.17, 15) is 4.79 Å². The highest BCUT2D eigenvalue weighted by atomic mass is 16.2. The minimum atomic E-state index is 0.301. The van der Waals surface area contributed by atoms with Gasteiger partial charge in [0.2, 0.25) is 5.91 Å². The maximum absolute atomic E-state index is 12.2. The third kappa shape index (κ3) is 3.73. The van der Waals surface area contributed by atoms with Gasteiger partial charge in [0.1, 0.15) is 0 Å². The van der Waals surface area contributed by atoms with Gasteiger partial charge in [-0.05, 0) is 31.6 Å². The molecule has 0 heterocycles. The average molecular weight is 234 g/mol. The second kappa shape index (κ2) is 6.05. The smallest absolute Gasteiger partial charge is 0.223 e. The predicted octanol–water partition coefficient (Wildman–Crippen LogP) is 2.86. The average Bonchev–Trinajstić information content (AvgIpc) is 3.15. The van der Waals surface area contributed by atoms with Crippen LogP contribution in [-0.2, 0) is 4.79 Å². The molecule has 0 atom stereocenters. The van der Waals surface area contributed by atoms with Gasteiger partial charge < -0.3 is 4.90 Å². The van der Waals surface area contributed by atoms with Gasteiger partial charge in [-0.25, -0.2) is 0 Å². The molecule has 0 aromatic heterocycles. The van der Waals surface area contributed by atoms with E-state index < -0.39 is 0 Å². The van der Waals surface area contributed by atoms with Crippen LogP contribution in [0.5, 0.6) is 0 Å². The minimum absolute atomic E-state index is 0.301. The third-order valence-electron chi connectivity index (χ3n) is 3.96. The molecule has 0 bridgehead atoms. The molecule has 0 radical (unpaired) electrons. The quantitative estimate of drug-likeness (QED) is 0.734. The number of carbonyl (C=O) groups excluding carboxylic acids is 1. The van der Waals surface area contributed by atoms with Gasteiger partial charge in [0.15, 0.2) is 0 Å². The van der Waals surface area contributed by atoms with Crippen LogP contribution in [0.15, 0.2) is 0 Å². The molecule has 0 aliphatic heterocycles. The minimum Gasteiger partial charge on any atom is -0.339 e. The van der Waals surface area contributed by atoms with Gasteiger partial charge in [-0.2, -0.15) is 5.26 Å². The number of nitrogens with zero attached hydrogens (tertiary/aromatic N) is 2. The molecule has 2 rings (SSSR count). The Hall–Kier alpha value is -1.04. The molecule has 17 heavy (non-hydrogen) atoms. The van der Waals surface area contributed by atoms with Crippen LogP contribution in [0, 0.1) is 17.2 Å². The monoisotopic (exact) mass is 234 g/mol. The van der Waals surface area contributed by atoms with E-state index in [1.165, 1.54) is 32.1 Å². The van der Waals surface area contributed by atoms with E-state index in [1.807, 2.05) is 4.90 Å². The van der Waals surface area contributed by atoms with Crippen molar-refractivity contribution in [2.45, 2.75) is 63.8 Å². The zero-order valence-electron chi connectivity index (χ0n) is 10.5. The molecule has 3 heteroatoms. The Morgan fingerprint density at radius 3 is 2.47 bits per heavy atom. The summed E-state index contributed by atoms with van der Waals surface area (Å²) in [6, 6.07) is 2.60. The first-order chi connectivity index (χ1) is 8.31. The Morgan fingerprint density at radius 1 is 1.18 bits per heavy atom. The van der Waals surface area contributed by atoms with Crippen LogP contribution >= 0.6 is 0 Å². The van der Waals surface area contributed by atoms with E-state index in [1.54, 1.807) is 0 Å². The Kier molecular flexibility index (Phi) is 4.42. The normalized spacial score (nSPS) is 20.9. The van der Waals surface area contributed by atoms with Crippen LogP contribution in [0.3, 0.4) is 0 Å². The first kappa shape index (κ1) is 12.4. The molecule has 0 spiro atoms. The van der Waals surface area contributed by atoms with Crippen LogP contribution < -0.4 is 0 Å². The number of hydrogen-bond acceptors (Lipinski definition) is 2. The molecule has 3 nitrogen and oxygen atoms in total. The summed E-state index contributed by atoms with van der Waals surface area (Å²) in [5, 5.41) is 8.63. The number of nitriles is 1. The standard InChI is InChI=1S/C14H22N2O/c15-9-4-10-16(13-7-8-13)14(17)11-12-5-2-1-3-6-12/h12-13H,1-8,10-11H2. The summed E-state index contributed by atoms with van der Waals surface area (Å²) < 4.78 is 0. The summed E-state index contributed by atoms with van der Waals surface area (Å²) in [5.74, 6) is 0.911. The van der Waals surface area contributed by atoms with Gasteiger partial charge in [0, 0.05) is 19.0 Å². The van der Waals surface area contributed by atoms with Crippen LogP contribution in [0.4, 0.5) is 0 Å². The summed E-state index contributed by atoms with van der Waals surface area (Å²) >= 11 is 0. The first-order valence-corrected chi connectivity index (χ1v) is 6.97. The van der Waals surface area contributed by atoms with Crippen molar-refractivity contribution in [3.8, 4) is 6.07 Å². The van der Waals surface area contributed by atoms with E-state index in [0.717, 1.165) is 19.3 Å². The molecule has 94 valence electrons. The maximum Gasteiger partial charge on any atom is 0.223 e. The van der Waals surface area contributed by atoms with Crippen molar-refractivity contribution in [3.05, 3.63) is 0 Å².